The second-order valence-corrected chi connectivity index (χ2v) is 8.31. The number of aromatic amines is 1. The van der Waals surface area contributed by atoms with Crippen LogP contribution >= 0.6 is 11.6 Å². The molecule has 3 rings (SSSR count). The summed E-state index contributed by atoms with van der Waals surface area (Å²) in [5.41, 5.74) is 0.599. The molecule has 0 bridgehead atoms. The summed E-state index contributed by atoms with van der Waals surface area (Å²) in [6, 6.07) is 6.91. The van der Waals surface area contributed by atoms with E-state index in [1.165, 1.54) is 4.57 Å². The molecule has 8 nitrogen and oxygen atoms in total. The minimum Gasteiger partial charge on any atom is -0.326 e. The molecule has 9 heteroatoms. The summed E-state index contributed by atoms with van der Waals surface area (Å²) in [6.07, 6.45) is 5.25. The number of carbonyl (C=O) groups is 1. The molecule has 0 unspecified atom stereocenters. The van der Waals surface area contributed by atoms with E-state index in [4.69, 9.17) is 11.6 Å². The number of unbranched alkanes of at least 4 members (excludes halogenated alkanes) is 3. The summed E-state index contributed by atoms with van der Waals surface area (Å²) in [5.74, 6) is 0.487. The molecule has 0 radical (unpaired) electrons. The van der Waals surface area contributed by atoms with Crippen molar-refractivity contribution in [1.29, 1.82) is 0 Å². The van der Waals surface area contributed by atoms with Gasteiger partial charge in [0.15, 0.2) is 11.2 Å². The van der Waals surface area contributed by atoms with Gasteiger partial charge in [0.1, 0.15) is 5.82 Å². The highest BCUT2D eigenvalue weighted by Gasteiger charge is 2.19. The summed E-state index contributed by atoms with van der Waals surface area (Å²) in [5, 5.41) is 3.45. The van der Waals surface area contributed by atoms with Gasteiger partial charge in [-0.25, -0.2) is 9.78 Å². The first-order valence-electron chi connectivity index (χ1n) is 11.2. The highest BCUT2D eigenvalue weighted by atomic mass is 35.5. The van der Waals surface area contributed by atoms with Crippen LogP contribution in [-0.2, 0) is 24.3 Å². The van der Waals surface area contributed by atoms with E-state index in [0.717, 1.165) is 32.1 Å². The number of nitrogens with zero attached hydrogens (tertiary/aromatic N) is 3. The van der Waals surface area contributed by atoms with E-state index in [1.807, 2.05) is 11.5 Å². The van der Waals surface area contributed by atoms with Gasteiger partial charge in [0.2, 0.25) is 5.91 Å². The van der Waals surface area contributed by atoms with Gasteiger partial charge in [-0.1, -0.05) is 44.7 Å². The largest absolute Gasteiger partial charge is 0.330 e. The summed E-state index contributed by atoms with van der Waals surface area (Å²) < 4.78 is 3.41. The van der Waals surface area contributed by atoms with E-state index >= 15 is 0 Å². The second-order valence-electron chi connectivity index (χ2n) is 7.88. The number of hydrogen-bond acceptors (Lipinski definition) is 4. The van der Waals surface area contributed by atoms with E-state index in [1.54, 1.807) is 24.3 Å². The number of anilines is 1. The number of fused-ring (bicyclic) bond motifs is 1. The van der Waals surface area contributed by atoms with Crippen LogP contribution in [0.2, 0.25) is 5.02 Å². The predicted octanol–water partition coefficient (Wildman–Crippen LogP) is 4.10. The number of amides is 1. The fourth-order valence-corrected chi connectivity index (χ4v) is 3.80. The normalized spacial score (nSPS) is 11.2. The van der Waals surface area contributed by atoms with Crippen molar-refractivity contribution in [2.24, 2.45) is 0 Å². The number of nitrogens with one attached hydrogen (secondary N) is 2. The van der Waals surface area contributed by atoms with Gasteiger partial charge in [-0.2, -0.15) is 0 Å². The van der Waals surface area contributed by atoms with Gasteiger partial charge < -0.3 is 9.88 Å². The lowest BCUT2D eigenvalue weighted by atomic mass is 10.2. The van der Waals surface area contributed by atoms with E-state index in [-0.39, 0.29) is 12.3 Å². The van der Waals surface area contributed by atoms with Crippen LogP contribution < -0.4 is 16.6 Å². The number of aromatic nitrogens is 4. The minimum absolute atomic E-state index is 0.156. The molecule has 0 aliphatic rings. The zero-order chi connectivity index (χ0) is 23.1. The van der Waals surface area contributed by atoms with Crippen LogP contribution in [0, 0.1) is 0 Å². The van der Waals surface area contributed by atoms with E-state index in [0.29, 0.717) is 47.2 Å². The van der Waals surface area contributed by atoms with Crippen molar-refractivity contribution >= 4 is 34.4 Å². The highest BCUT2D eigenvalue weighted by molar-refractivity contribution is 6.30. The van der Waals surface area contributed by atoms with Gasteiger partial charge >= 0.3 is 5.69 Å². The lowest BCUT2D eigenvalue weighted by Crippen LogP contribution is -2.31. The van der Waals surface area contributed by atoms with Gasteiger partial charge in [-0.05, 0) is 37.1 Å². The Labute approximate surface area is 191 Å². The molecule has 2 N–H and O–H groups in total. The summed E-state index contributed by atoms with van der Waals surface area (Å²) in [4.78, 5) is 44.7. The minimum atomic E-state index is -0.443. The predicted molar refractivity (Wildman–Crippen MR) is 127 cm³/mol. The average Bonchev–Trinajstić information content (AvgIpc) is 3.13. The number of halogens is 1. The maximum atomic E-state index is 12.7. The van der Waals surface area contributed by atoms with E-state index in [2.05, 4.69) is 22.2 Å². The molecular weight excluding hydrogens is 430 g/mol. The Bertz CT molecular complexity index is 1180. The number of hydrogen-bond donors (Lipinski definition) is 2. The van der Waals surface area contributed by atoms with Crippen LogP contribution in [-0.4, -0.2) is 25.0 Å². The number of carbonyl (C=O) groups excluding carboxylic acids is 1. The molecular formula is C23H30ClN5O3. The van der Waals surface area contributed by atoms with E-state index in [9.17, 15) is 14.4 Å². The molecule has 0 aliphatic heterocycles. The van der Waals surface area contributed by atoms with Crippen molar-refractivity contribution in [2.75, 3.05) is 5.32 Å². The van der Waals surface area contributed by atoms with Gasteiger partial charge in [-0.15, -0.1) is 0 Å². The van der Waals surface area contributed by atoms with Crippen molar-refractivity contribution in [2.45, 2.75) is 71.9 Å². The number of rotatable bonds is 11. The quantitative estimate of drug-likeness (QED) is 0.421. The van der Waals surface area contributed by atoms with E-state index < -0.39 is 11.2 Å². The van der Waals surface area contributed by atoms with Crippen LogP contribution in [0.25, 0.3) is 11.2 Å². The SMILES string of the molecule is CCCCCn1c(CCC(=O)Nc2ccc(Cl)cc2)nc2c1c(=O)[nH]c(=O)n2CCCC. The van der Waals surface area contributed by atoms with Crippen molar-refractivity contribution < 1.29 is 4.79 Å². The Kier molecular flexibility index (Phi) is 8.27. The van der Waals surface area contributed by atoms with Crippen molar-refractivity contribution in [3.63, 3.8) is 0 Å². The molecule has 0 fully saturated rings. The molecule has 0 spiro atoms. The number of imidazole rings is 1. The molecule has 172 valence electrons. The zero-order valence-electron chi connectivity index (χ0n) is 18.6. The Balaban J connectivity index is 1.89. The molecule has 0 saturated heterocycles. The van der Waals surface area contributed by atoms with Crippen molar-refractivity contribution in [3.05, 3.63) is 56.0 Å². The molecule has 1 aromatic carbocycles. The fraction of sp³-hybridized carbons (Fsp3) is 0.478. The fourth-order valence-electron chi connectivity index (χ4n) is 3.67. The van der Waals surface area contributed by atoms with Crippen molar-refractivity contribution in [1.82, 2.24) is 19.1 Å². The standard InChI is InChI=1S/C23H30ClN5O3/c1-3-5-7-15-28-18(12-13-19(30)25-17-10-8-16(24)9-11-17)26-21-20(28)22(31)27-23(32)29(21)14-6-4-2/h8-11H,3-7,12-15H2,1-2H3,(H,25,30)(H,27,31,32). The first-order chi connectivity index (χ1) is 15.4. The van der Waals surface area contributed by atoms with Crippen LogP contribution in [0.1, 0.15) is 58.2 Å². The number of benzene rings is 1. The number of aryl methyl sites for hydroxylation is 3. The monoisotopic (exact) mass is 459 g/mol. The van der Waals surface area contributed by atoms with Crippen LogP contribution in [0.4, 0.5) is 5.69 Å². The molecule has 32 heavy (non-hydrogen) atoms. The third-order valence-electron chi connectivity index (χ3n) is 5.39. The highest BCUT2D eigenvalue weighted by Crippen LogP contribution is 2.17. The molecule has 0 atom stereocenters. The van der Waals surface area contributed by atoms with Crippen LogP contribution in [0.15, 0.2) is 33.9 Å². The lowest BCUT2D eigenvalue weighted by molar-refractivity contribution is -0.116. The first kappa shape index (κ1) is 23.8. The summed E-state index contributed by atoms with van der Waals surface area (Å²) in [6.45, 7) is 5.27. The third-order valence-corrected chi connectivity index (χ3v) is 5.64. The Morgan fingerprint density at radius 1 is 1.03 bits per heavy atom. The van der Waals surface area contributed by atoms with Crippen LogP contribution in [0.3, 0.4) is 0 Å². The lowest BCUT2D eigenvalue weighted by Gasteiger charge is -2.09. The summed E-state index contributed by atoms with van der Waals surface area (Å²) >= 11 is 5.89. The molecule has 2 aromatic heterocycles. The summed E-state index contributed by atoms with van der Waals surface area (Å²) in [7, 11) is 0. The maximum absolute atomic E-state index is 12.7. The maximum Gasteiger partial charge on any atom is 0.330 e. The Morgan fingerprint density at radius 3 is 2.41 bits per heavy atom. The smallest absolute Gasteiger partial charge is 0.326 e. The second kappa shape index (κ2) is 11.1. The topological polar surface area (TPSA) is 102 Å². The molecule has 3 aromatic rings. The number of H-pyrrole nitrogens is 1. The van der Waals surface area contributed by atoms with Gasteiger partial charge in [-0.3, -0.25) is 19.1 Å². The Hall–Kier alpha value is -2.87. The average molecular weight is 460 g/mol. The van der Waals surface area contributed by atoms with Gasteiger partial charge in [0.05, 0.1) is 0 Å². The molecule has 2 heterocycles. The van der Waals surface area contributed by atoms with Crippen LogP contribution in [0.5, 0.6) is 0 Å². The first-order valence-corrected chi connectivity index (χ1v) is 11.6. The van der Waals surface area contributed by atoms with Gasteiger partial charge in [0, 0.05) is 36.6 Å². The Morgan fingerprint density at radius 2 is 1.72 bits per heavy atom. The van der Waals surface area contributed by atoms with Crippen molar-refractivity contribution in [3.8, 4) is 0 Å². The molecule has 0 aliphatic carbocycles. The third kappa shape index (κ3) is 5.68. The molecule has 0 saturated carbocycles. The zero-order valence-corrected chi connectivity index (χ0v) is 19.4. The molecule has 1 amide bonds. The van der Waals surface area contributed by atoms with Gasteiger partial charge in [0.25, 0.3) is 5.56 Å².